The smallest absolute Gasteiger partial charge is 0.338 e. The molecular weight excluding hydrogens is 350 g/mol. The highest BCUT2D eigenvalue weighted by Crippen LogP contribution is 2.12. The Hall–Kier alpha value is -2.46. The lowest BCUT2D eigenvalue weighted by molar-refractivity contribution is -0.130. The van der Waals surface area contributed by atoms with Crippen LogP contribution in [0.15, 0.2) is 29.2 Å². The maximum atomic E-state index is 12.0. The van der Waals surface area contributed by atoms with E-state index in [0.717, 1.165) is 4.90 Å². The molecule has 2 N–H and O–H groups in total. The second kappa shape index (κ2) is 7.62. The number of hydrogen-bond acceptors (Lipinski definition) is 6. The van der Waals surface area contributed by atoms with Crippen LogP contribution >= 0.6 is 0 Å². The van der Waals surface area contributed by atoms with E-state index in [1.54, 1.807) is 13.8 Å². The van der Waals surface area contributed by atoms with Crippen LogP contribution in [0.25, 0.3) is 0 Å². The first-order chi connectivity index (χ1) is 11.7. The zero-order valence-corrected chi connectivity index (χ0v) is 14.6. The Morgan fingerprint density at radius 3 is 2.44 bits per heavy atom. The van der Waals surface area contributed by atoms with Gasteiger partial charge in [0.15, 0.2) is 6.61 Å². The van der Waals surface area contributed by atoms with Crippen molar-refractivity contribution in [3.63, 3.8) is 0 Å². The Labute approximate surface area is 145 Å². The number of rotatable bonds is 6. The summed E-state index contributed by atoms with van der Waals surface area (Å²) in [6.07, 6.45) is 0. The number of nitrogens with one attached hydrogen (secondary N) is 2. The molecular formula is C15H19N3O6S. The first-order valence-electron chi connectivity index (χ1n) is 7.58. The highest BCUT2D eigenvalue weighted by molar-refractivity contribution is 7.89. The number of urea groups is 1. The second-order valence-electron chi connectivity index (χ2n) is 5.65. The van der Waals surface area contributed by atoms with Gasteiger partial charge in [0.05, 0.1) is 10.5 Å². The summed E-state index contributed by atoms with van der Waals surface area (Å²) in [6.45, 7) is 3.41. The number of carbonyl (C=O) groups is 3. The van der Waals surface area contributed by atoms with Crippen LogP contribution in [0.3, 0.4) is 0 Å². The lowest BCUT2D eigenvalue weighted by Crippen LogP contribution is -2.37. The average molecular weight is 369 g/mol. The van der Waals surface area contributed by atoms with Gasteiger partial charge in [0.25, 0.3) is 5.91 Å². The van der Waals surface area contributed by atoms with Gasteiger partial charge in [-0.15, -0.1) is 0 Å². The van der Waals surface area contributed by atoms with E-state index in [1.807, 2.05) is 0 Å². The molecule has 25 heavy (non-hydrogen) atoms. The minimum Gasteiger partial charge on any atom is -0.452 e. The van der Waals surface area contributed by atoms with E-state index in [2.05, 4.69) is 10.0 Å². The van der Waals surface area contributed by atoms with E-state index in [1.165, 1.54) is 24.3 Å². The minimum atomic E-state index is -3.65. The van der Waals surface area contributed by atoms with Crippen LogP contribution in [-0.2, 0) is 19.6 Å². The molecule has 1 aromatic carbocycles. The molecule has 1 fully saturated rings. The standard InChI is InChI=1S/C15H19N3O6S/c1-10(2)17-25(22,23)12-5-3-11(4-6-12)14(20)24-9-13(19)18-8-7-16-15(18)21/h3-6,10,17H,7-9H2,1-2H3,(H,16,21). The number of esters is 1. The van der Waals surface area contributed by atoms with Gasteiger partial charge in [-0.3, -0.25) is 9.69 Å². The Kier molecular flexibility index (Phi) is 5.75. The number of sulfonamides is 1. The summed E-state index contributed by atoms with van der Waals surface area (Å²) >= 11 is 0. The van der Waals surface area contributed by atoms with Gasteiger partial charge >= 0.3 is 12.0 Å². The predicted octanol–water partition coefficient (Wildman–Crippen LogP) is 0.0819. The highest BCUT2D eigenvalue weighted by atomic mass is 32.2. The number of carbonyl (C=O) groups excluding carboxylic acids is 3. The number of imide groups is 1. The van der Waals surface area contributed by atoms with Gasteiger partial charge in [-0.25, -0.2) is 22.7 Å². The number of benzene rings is 1. The lowest BCUT2D eigenvalue weighted by Gasteiger charge is -2.12. The molecule has 1 aliphatic heterocycles. The fourth-order valence-corrected chi connectivity index (χ4v) is 3.40. The number of nitrogens with zero attached hydrogens (tertiary/aromatic N) is 1. The molecule has 1 saturated heterocycles. The highest BCUT2D eigenvalue weighted by Gasteiger charge is 2.27. The van der Waals surface area contributed by atoms with Crippen LogP contribution in [0.5, 0.6) is 0 Å². The predicted molar refractivity (Wildman–Crippen MR) is 87.3 cm³/mol. The van der Waals surface area contributed by atoms with Crippen LogP contribution in [-0.4, -0.2) is 57.0 Å². The molecule has 10 heteroatoms. The Balaban J connectivity index is 1.96. The summed E-state index contributed by atoms with van der Waals surface area (Å²) in [4.78, 5) is 36.0. The fourth-order valence-electron chi connectivity index (χ4n) is 2.15. The van der Waals surface area contributed by atoms with Gasteiger partial charge in [0.2, 0.25) is 10.0 Å². The summed E-state index contributed by atoms with van der Waals surface area (Å²) in [5.41, 5.74) is 0.0992. The third-order valence-electron chi connectivity index (χ3n) is 3.28. The molecule has 0 saturated carbocycles. The molecule has 0 spiro atoms. The molecule has 9 nitrogen and oxygen atoms in total. The van der Waals surface area contributed by atoms with Crippen molar-refractivity contribution in [3.05, 3.63) is 29.8 Å². The Morgan fingerprint density at radius 1 is 1.28 bits per heavy atom. The van der Waals surface area contributed by atoms with Gasteiger partial charge in [0, 0.05) is 19.1 Å². The van der Waals surface area contributed by atoms with E-state index in [0.29, 0.717) is 6.54 Å². The summed E-state index contributed by atoms with van der Waals surface area (Å²) in [7, 11) is -3.65. The lowest BCUT2D eigenvalue weighted by atomic mass is 10.2. The molecule has 0 radical (unpaired) electrons. The SMILES string of the molecule is CC(C)NS(=O)(=O)c1ccc(C(=O)OCC(=O)N2CCNC2=O)cc1. The van der Waals surface area contributed by atoms with Crippen LogP contribution < -0.4 is 10.0 Å². The number of amides is 3. The van der Waals surface area contributed by atoms with Crippen LogP contribution in [0.2, 0.25) is 0 Å². The Morgan fingerprint density at radius 2 is 1.92 bits per heavy atom. The fraction of sp³-hybridized carbons (Fsp3) is 0.400. The molecule has 136 valence electrons. The van der Waals surface area contributed by atoms with Crippen molar-refractivity contribution in [1.82, 2.24) is 14.9 Å². The molecule has 1 heterocycles. The van der Waals surface area contributed by atoms with Crippen molar-refractivity contribution in [3.8, 4) is 0 Å². The summed E-state index contributed by atoms with van der Waals surface area (Å²) in [5, 5.41) is 2.47. The third-order valence-corrected chi connectivity index (χ3v) is 4.95. The molecule has 0 unspecified atom stereocenters. The van der Waals surface area contributed by atoms with E-state index < -0.39 is 34.5 Å². The van der Waals surface area contributed by atoms with Crippen molar-refractivity contribution in [2.24, 2.45) is 0 Å². The largest absolute Gasteiger partial charge is 0.452 e. The van der Waals surface area contributed by atoms with Crippen LogP contribution in [0.4, 0.5) is 4.79 Å². The van der Waals surface area contributed by atoms with Gasteiger partial charge in [-0.1, -0.05) is 0 Å². The van der Waals surface area contributed by atoms with E-state index in [-0.39, 0.29) is 23.0 Å². The molecule has 0 atom stereocenters. The normalized spacial score (nSPS) is 14.5. The summed E-state index contributed by atoms with van der Waals surface area (Å²) < 4.78 is 31.3. The molecule has 0 bridgehead atoms. The van der Waals surface area contributed by atoms with Crippen molar-refractivity contribution in [2.75, 3.05) is 19.7 Å². The topological polar surface area (TPSA) is 122 Å². The zero-order chi connectivity index (χ0) is 18.6. The average Bonchev–Trinajstić information content (AvgIpc) is 2.97. The number of hydrogen-bond donors (Lipinski definition) is 2. The molecule has 0 aliphatic carbocycles. The van der Waals surface area contributed by atoms with E-state index in [9.17, 15) is 22.8 Å². The molecule has 0 aromatic heterocycles. The van der Waals surface area contributed by atoms with Crippen molar-refractivity contribution < 1.29 is 27.5 Å². The van der Waals surface area contributed by atoms with Gasteiger partial charge in [-0.2, -0.15) is 0 Å². The van der Waals surface area contributed by atoms with Crippen molar-refractivity contribution in [2.45, 2.75) is 24.8 Å². The molecule has 2 rings (SSSR count). The maximum Gasteiger partial charge on any atom is 0.338 e. The van der Waals surface area contributed by atoms with E-state index in [4.69, 9.17) is 4.74 Å². The van der Waals surface area contributed by atoms with Gasteiger partial charge in [-0.05, 0) is 38.1 Å². The Bertz CT molecular complexity index is 773. The molecule has 1 aromatic rings. The van der Waals surface area contributed by atoms with Gasteiger partial charge in [0.1, 0.15) is 0 Å². The van der Waals surface area contributed by atoms with Crippen LogP contribution in [0.1, 0.15) is 24.2 Å². The monoisotopic (exact) mass is 369 g/mol. The van der Waals surface area contributed by atoms with Crippen molar-refractivity contribution in [1.29, 1.82) is 0 Å². The summed E-state index contributed by atoms with van der Waals surface area (Å²) in [6, 6.07) is 4.36. The van der Waals surface area contributed by atoms with E-state index >= 15 is 0 Å². The zero-order valence-electron chi connectivity index (χ0n) is 13.8. The minimum absolute atomic E-state index is 0.0163. The van der Waals surface area contributed by atoms with Crippen molar-refractivity contribution >= 4 is 27.9 Å². The second-order valence-corrected chi connectivity index (χ2v) is 7.37. The maximum absolute atomic E-state index is 12.0. The third kappa shape index (κ3) is 4.77. The first kappa shape index (κ1) is 18.9. The molecule has 1 aliphatic rings. The molecule has 3 amide bonds. The van der Waals surface area contributed by atoms with Crippen LogP contribution in [0, 0.1) is 0 Å². The quantitative estimate of drug-likeness (QED) is 0.685. The number of ether oxygens (including phenoxy) is 1. The summed E-state index contributed by atoms with van der Waals surface area (Å²) in [5.74, 6) is -1.41. The van der Waals surface area contributed by atoms with Gasteiger partial charge < -0.3 is 10.1 Å². The first-order valence-corrected chi connectivity index (χ1v) is 9.07.